The van der Waals surface area contributed by atoms with Gasteiger partial charge in [-0.3, -0.25) is 0 Å². The van der Waals surface area contributed by atoms with Crippen LogP contribution in [0.25, 0.3) is 0 Å². The van der Waals surface area contributed by atoms with Gasteiger partial charge in [-0.25, -0.2) is 8.78 Å². The van der Waals surface area contributed by atoms with E-state index in [-0.39, 0.29) is 5.92 Å². The van der Waals surface area contributed by atoms with Gasteiger partial charge in [0.2, 0.25) is 0 Å². The molecule has 28 heavy (non-hydrogen) atoms. The molecular weight excluding hydrogens is 371 g/mol. The van der Waals surface area contributed by atoms with Crippen LogP contribution in [0.4, 0.5) is 22.0 Å². The molecular formula is C23H29F5. The lowest BCUT2D eigenvalue weighted by Gasteiger charge is -2.29. The first-order valence-electron chi connectivity index (χ1n) is 10.5. The maximum atomic E-state index is 13.8. The van der Waals surface area contributed by atoms with Gasteiger partial charge in [-0.05, 0) is 92.7 Å². The lowest BCUT2D eigenvalue weighted by Crippen LogP contribution is -2.16. The minimum Gasteiger partial charge on any atom is -0.206 e. The van der Waals surface area contributed by atoms with Crippen LogP contribution < -0.4 is 0 Å². The summed E-state index contributed by atoms with van der Waals surface area (Å²) in [7, 11) is 0. The summed E-state index contributed by atoms with van der Waals surface area (Å²) in [5, 5.41) is 0. The summed E-state index contributed by atoms with van der Waals surface area (Å²) in [6, 6.07) is 1.75. The fraction of sp³-hybridized carbons (Fsp3) is 0.652. The highest BCUT2D eigenvalue weighted by Crippen LogP contribution is 2.40. The summed E-state index contributed by atoms with van der Waals surface area (Å²) in [6.07, 6.45) is 9.39. The van der Waals surface area contributed by atoms with Gasteiger partial charge >= 0.3 is 6.18 Å². The van der Waals surface area contributed by atoms with Crippen molar-refractivity contribution in [2.75, 3.05) is 0 Å². The third-order valence-electron chi connectivity index (χ3n) is 6.72. The van der Waals surface area contributed by atoms with E-state index in [0.717, 1.165) is 43.7 Å². The third kappa shape index (κ3) is 5.15. The molecule has 2 saturated carbocycles. The van der Waals surface area contributed by atoms with E-state index in [1.54, 1.807) is 0 Å². The minimum atomic E-state index is -5.01. The molecule has 0 heterocycles. The van der Waals surface area contributed by atoms with E-state index >= 15 is 0 Å². The lowest BCUT2D eigenvalue weighted by atomic mass is 9.77. The Hall–Kier alpha value is -1.39. The minimum absolute atomic E-state index is 0.0732. The fourth-order valence-corrected chi connectivity index (χ4v) is 4.85. The zero-order valence-corrected chi connectivity index (χ0v) is 16.4. The second-order valence-corrected chi connectivity index (χ2v) is 8.54. The Bertz CT molecular complexity index is 652. The number of benzene rings is 1. The summed E-state index contributed by atoms with van der Waals surface area (Å²) >= 11 is 0. The Balaban J connectivity index is 1.55. The molecule has 2 aliphatic rings. The molecule has 0 N–H and O–H groups in total. The highest BCUT2D eigenvalue weighted by atomic mass is 19.4. The monoisotopic (exact) mass is 400 g/mol. The molecule has 3 rings (SSSR count). The van der Waals surface area contributed by atoms with Gasteiger partial charge in [0, 0.05) is 0 Å². The van der Waals surface area contributed by atoms with Crippen LogP contribution in [0, 0.1) is 29.4 Å². The maximum Gasteiger partial charge on any atom is 0.422 e. The van der Waals surface area contributed by atoms with Crippen molar-refractivity contribution in [1.29, 1.82) is 0 Å². The summed E-state index contributed by atoms with van der Waals surface area (Å²) in [4.78, 5) is 0. The zero-order valence-electron chi connectivity index (χ0n) is 16.4. The number of hydrogen-bond acceptors (Lipinski definition) is 0. The number of halogens is 5. The maximum absolute atomic E-state index is 13.8. The topological polar surface area (TPSA) is 0 Å². The second kappa shape index (κ2) is 8.96. The molecule has 0 aliphatic heterocycles. The van der Waals surface area contributed by atoms with Gasteiger partial charge in [-0.1, -0.05) is 25.5 Å². The Kier molecular flexibility index (Phi) is 6.82. The normalized spacial score (nSPS) is 29.4. The molecule has 156 valence electrons. The van der Waals surface area contributed by atoms with Crippen LogP contribution in [0.1, 0.15) is 81.8 Å². The first-order valence-corrected chi connectivity index (χ1v) is 10.5. The molecule has 2 aliphatic carbocycles. The van der Waals surface area contributed by atoms with Crippen LogP contribution in [-0.2, 0) is 6.18 Å². The average Bonchev–Trinajstić information content (AvgIpc) is 2.65. The summed E-state index contributed by atoms with van der Waals surface area (Å²) in [6.45, 7) is 2.26. The quantitative estimate of drug-likeness (QED) is 0.354. The average molecular weight is 400 g/mol. The van der Waals surface area contributed by atoms with Crippen molar-refractivity contribution in [3.05, 3.63) is 47.0 Å². The molecule has 2 fully saturated rings. The second-order valence-electron chi connectivity index (χ2n) is 8.54. The molecule has 0 saturated heterocycles. The third-order valence-corrected chi connectivity index (χ3v) is 6.72. The van der Waals surface area contributed by atoms with E-state index in [0.29, 0.717) is 17.4 Å². The number of allylic oxidation sites excluding steroid dienone is 2. The number of rotatable bonds is 4. The molecule has 5 heteroatoms. The molecule has 0 atom stereocenters. The van der Waals surface area contributed by atoms with Gasteiger partial charge in [0.25, 0.3) is 0 Å². The van der Waals surface area contributed by atoms with Crippen LogP contribution in [-0.4, -0.2) is 0 Å². The predicted octanol–water partition coefficient (Wildman–Crippen LogP) is 8.03. The van der Waals surface area contributed by atoms with Gasteiger partial charge in [-0.2, -0.15) is 13.2 Å². The van der Waals surface area contributed by atoms with Crippen molar-refractivity contribution in [2.45, 2.75) is 76.8 Å². The predicted molar refractivity (Wildman–Crippen MR) is 101 cm³/mol. The van der Waals surface area contributed by atoms with Crippen molar-refractivity contribution >= 4 is 0 Å². The lowest BCUT2D eigenvalue weighted by molar-refractivity contribution is -0.142. The van der Waals surface area contributed by atoms with E-state index < -0.39 is 23.4 Å². The van der Waals surface area contributed by atoms with Crippen LogP contribution >= 0.6 is 0 Å². The highest BCUT2D eigenvalue weighted by Gasteiger charge is 2.38. The Morgan fingerprint density at radius 1 is 0.821 bits per heavy atom. The fourth-order valence-electron chi connectivity index (χ4n) is 4.85. The van der Waals surface area contributed by atoms with E-state index in [1.165, 1.54) is 32.1 Å². The van der Waals surface area contributed by atoms with Gasteiger partial charge < -0.3 is 0 Å². The molecule has 0 nitrogen and oxygen atoms in total. The van der Waals surface area contributed by atoms with Gasteiger partial charge in [0.1, 0.15) is 17.2 Å². The van der Waals surface area contributed by atoms with E-state index in [4.69, 9.17) is 0 Å². The van der Waals surface area contributed by atoms with E-state index in [9.17, 15) is 22.0 Å². The molecule has 0 bridgehead atoms. The largest absolute Gasteiger partial charge is 0.422 e. The molecule has 0 radical (unpaired) electrons. The summed E-state index contributed by atoms with van der Waals surface area (Å²) < 4.78 is 65.9. The van der Waals surface area contributed by atoms with Gasteiger partial charge in [-0.15, -0.1) is 0 Å². The standard InChI is InChI=1S/C23H29F5/c1-2-15-3-5-16(6-4-15)7-8-17-9-11-18(12-10-17)19-13-20(24)22(21(25)14-19)23(26,27)28/h7-8,13-18H,2-6,9-12H2,1H3. The van der Waals surface area contributed by atoms with Crippen LogP contribution in [0.2, 0.25) is 0 Å². The Labute approximate surface area is 164 Å². The summed E-state index contributed by atoms with van der Waals surface area (Å²) in [5.41, 5.74) is -1.44. The van der Waals surface area contributed by atoms with Crippen molar-refractivity contribution in [3.8, 4) is 0 Å². The van der Waals surface area contributed by atoms with Crippen molar-refractivity contribution in [1.82, 2.24) is 0 Å². The van der Waals surface area contributed by atoms with Crippen LogP contribution in [0.5, 0.6) is 0 Å². The Morgan fingerprint density at radius 2 is 1.29 bits per heavy atom. The van der Waals surface area contributed by atoms with E-state index in [1.807, 2.05) is 0 Å². The molecule has 0 unspecified atom stereocenters. The first kappa shape index (κ1) is 21.3. The van der Waals surface area contributed by atoms with Crippen molar-refractivity contribution in [2.24, 2.45) is 17.8 Å². The molecule has 1 aromatic carbocycles. The molecule has 0 aromatic heterocycles. The molecule has 0 amide bonds. The van der Waals surface area contributed by atoms with Crippen molar-refractivity contribution < 1.29 is 22.0 Å². The molecule has 1 aromatic rings. The molecule has 0 spiro atoms. The zero-order chi connectivity index (χ0) is 20.3. The first-order chi connectivity index (χ1) is 13.3. The van der Waals surface area contributed by atoms with Crippen LogP contribution in [0.3, 0.4) is 0 Å². The van der Waals surface area contributed by atoms with E-state index in [2.05, 4.69) is 19.1 Å². The summed E-state index contributed by atoms with van der Waals surface area (Å²) in [5.74, 6) is -1.08. The van der Waals surface area contributed by atoms with Gasteiger partial charge in [0.05, 0.1) is 0 Å². The number of hydrogen-bond donors (Lipinski definition) is 0. The highest BCUT2D eigenvalue weighted by molar-refractivity contribution is 5.31. The smallest absolute Gasteiger partial charge is 0.206 e. The number of alkyl halides is 3. The Morgan fingerprint density at radius 3 is 1.71 bits per heavy atom. The van der Waals surface area contributed by atoms with Crippen LogP contribution in [0.15, 0.2) is 24.3 Å². The van der Waals surface area contributed by atoms with Crippen molar-refractivity contribution in [3.63, 3.8) is 0 Å². The SMILES string of the molecule is CCC1CCC(C=CC2CCC(c3cc(F)c(C(F)(F)F)c(F)c3)CC2)CC1. The van der Waals surface area contributed by atoms with Gasteiger partial charge in [0.15, 0.2) is 0 Å².